The number of nitrogens with zero attached hydrogens (tertiary/aromatic N) is 2. The summed E-state index contributed by atoms with van der Waals surface area (Å²) in [4.78, 5) is 7.70. The molecule has 2 atom stereocenters. The molecule has 37 heavy (non-hydrogen) atoms. The lowest BCUT2D eigenvalue weighted by atomic mass is 9.79. The molecule has 2 heterocycles. The zero-order chi connectivity index (χ0) is 26.2. The van der Waals surface area contributed by atoms with E-state index >= 15 is 0 Å². The van der Waals surface area contributed by atoms with E-state index in [1.54, 1.807) is 38.5 Å². The molecule has 2 unspecified atom stereocenters. The predicted molar refractivity (Wildman–Crippen MR) is 144 cm³/mol. The summed E-state index contributed by atoms with van der Waals surface area (Å²) in [6.45, 7) is 1.92. The van der Waals surface area contributed by atoms with Gasteiger partial charge in [0.15, 0.2) is 11.5 Å². The van der Waals surface area contributed by atoms with Crippen molar-refractivity contribution in [2.45, 2.75) is 23.3 Å². The third kappa shape index (κ3) is 4.89. The van der Waals surface area contributed by atoms with Gasteiger partial charge in [0.25, 0.3) is 10.0 Å². The molecule has 194 valence electrons. The molecule has 1 saturated heterocycles. The van der Waals surface area contributed by atoms with Crippen LogP contribution in [0.3, 0.4) is 0 Å². The summed E-state index contributed by atoms with van der Waals surface area (Å²) in [6.07, 6.45) is 0.970. The first-order chi connectivity index (χ1) is 17.8. The Hall–Kier alpha value is -3.56. The van der Waals surface area contributed by atoms with Crippen LogP contribution in [0.2, 0.25) is 0 Å². The maximum absolute atomic E-state index is 12.9. The Labute approximate surface area is 217 Å². The standard InChI is InChI=1S/C28H31N3O5S/c1-31-14-13-25-24(17-31)22-15-26(35-3)27(36-4)16-23(22)28(29-25)18-5-7-19(8-6-18)30-37(32,33)21-11-9-20(34-2)10-12-21/h5-12,15-16,24-25,30H,13-14,17H2,1-4H3. The number of anilines is 1. The van der Waals surface area contributed by atoms with Crippen molar-refractivity contribution < 1.29 is 22.6 Å². The summed E-state index contributed by atoms with van der Waals surface area (Å²) >= 11 is 0. The highest BCUT2D eigenvalue weighted by Gasteiger charge is 2.36. The number of likely N-dealkylation sites (N-methyl/N-ethyl adjacent to an activating group) is 1. The highest BCUT2D eigenvalue weighted by atomic mass is 32.2. The van der Waals surface area contributed by atoms with Gasteiger partial charge in [0.2, 0.25) is 0 Å². The number of aliphatic imine (C=N–C) groups is 1. The fourth-order valence-electron chi connectivity index (χ4n) is 5.10. The fourth-order valence-corrected chi connectivity index (χ4v) is 6.16. The maximum atomic E-state index is 12.9. The number of likely N-dealkylation sites (tertiary alicyclic amines) is 1. The van der Waals surface area contributed by atoms with Gasteiger partial charge in [-0.2, -0.15) is 0 Å². The van der Waals surface area contributed by atoms with Crippen LogP contribution in [-0.4, -0.2) is 66.5 Å². The molecule has 2 aliphatic rings. The van der Waals surface area contributed by atoms with Crippen molar-refractivity contribution in [2.24, 2.45) is 4.99 Å². The van der Waals surface area contributed by atoms with Crippen LogP contribution < -0.4 is 18.9 Å². The van der Waals surface area contributed by atoms with Crippen LogP contribution in [0.4, 0.5) is 5.69 Å². The summed E-state index contributed by atoms with van der Waals surface area (Å²) in [5.74, 6) is 2.23. The van der Waals surface area contributed by atoms with Gasteiger partial charge in [0, 0.05) is 29.3 Å². The number of nitrogens with one attached hydrogen (secondary N) is 1. The van der Waals surface area contributed by atoms with E-state index in [9.17, 15) is 8.42 Å². The molecular formula is C28H31N3O5S. The second kappa shape index (κ2) is 10.1. The molecule has 2 aliphatic heterocycles. The molecule has 0 amide bonds. The Balaban J connectivity index is 1.47. The molecule has 0 aromatic heterocycles. The van der Waals surface area contributed by atoms with Gasteiger partial charge in [-0.25, -0.2) is 8.42 Å². The van der Waals surface area contributed by atoms with Crippen molar-refractivity contribution in [2.75, 3.05) is 46.2 Å². The SMILES string of the molecule is COc1ccc(S(=O)(=O)Nc2ccc(C3=NC4CCN(C)CC4c4cc(OC)c(OC)cc43)cc2)cc1. The molecule has 9 heteroatoms. The van der Waals surface area contributed by atoms with Gasteiger partial charge in [-0.15, -0.1) is 0 Å². The number of hydrogen-bond acceptors (Lipinski definition) is 7. The van der Waals surface area contributed by atoms with E-state index < -0.39 is 10.0 Å². The van der Waals surface area contributed by atoms with Gasteiger partial charge in [0.05, 0.1) is 38.0 Å². The third-order valence-corrected chi connectivity index (χ3v) is 8.46. The molecule has 5 rings (SSSR count). The lowest BCUT2D eigenvalue weighted by Gasteiger charge is -2.39. The Bertz CT molecular complexity index is 1420. The minimum Gasteiger partial charge on any atom is -0.497 e. The van der Waals surface area contributed by atoms with E-state index in [0.29, 0.717) is 22.9 Å². The molecule has 0 bridgehead atoms. The predicted octanol–water partition coefficient (Wildman–Crippen LogP) is 4.15. The number of sulfonamides is 1. The number of methoxy groups -OCH3 is 3. The largest absolute Gasteiger partial charge is 0.497 e. The van der Waals surface area contributed by atoms with Crippen molar-refractivity contribution in [1.29, 1.82) is 0 Å². The number of ether oxygens (including phenoxy) is 3. The average Bonchev–Trinajstić information content (AvgIpc) is 2.92. The summed E-state index contributed by atoms with van der Waals surface area (Å²) < 4.78 is 44.7. The van der Waals surface area contributed by atoms with Gasteiger partial charge >= 0.3 is 0 Å². The third-order valence-electron chi connectivity index (χ3n) is 7.06. The fraction of sp³-hybridized carbons (Fsp3) is 0.321. The number of fused-ring (bicyclic) bond motifs is 3. The summed E-state index contributed by atoms with van der Waals surface area (Å²) in [6, 6.07) is 17.9. The average molecular weight is 522 g/mol. The Kier molecular flexibility index (Phi) is 6.83. The van der Waals surface area contributed by atoms with E-state index in [-0.39, 0.29) is 16.9 Å². The molecule has 0 aliphatic carbocycles. The van der Waals surface area contributed by atoms with E-state index in [0.717, 1.165) is 36.3 Å². The second-order valence-electron chi connectivity index (χ2n) is 9.36. The van der Waals surface area contributed by atoms with Gasteiger partial charge in [-0.3, -0.25) is 9.71 Å². The number of benzene rings is 3. The first kappa shape index (κ1) is 25.1. The first-order valence-corrected chi connectivity index (χ1v) is 13.6. The van der Waals surface area contributed by atoms with Crippen molar-refractivity contribution >= 4 is 21.4 Å². The Morgan fingerprint density at radius 1 is 0.919 bits per heavy atom. The molecule has 0 saturated carbocycles. The van der Waals surface area contributed by atoms with Crippen molar-refractivity contribution in [3.63, 3.8) is 0 Å². The van der Waals surface area contributed by atoms with Crippen molar-refractivity contribution in [3.8, 4) is 17.2 Å². The van der Waals surface area contributed by atoms with E-state index in [1.165, 1.54) is 24.8 Å². The normalized spacial score (nSPS) is 19.3. The molecule has 3 aromatic rings. The van der Waals surface area contributed by atoms with Crippen LogP contribution in [-0.2, 0) is 10.0 Å². The first-order valence-electron chi connectivity index (χ1n) is 12.1. The zero-order valence-corrected chi connectivity index (χ0v) is 22.2. The highest BCUT2D eigenvalue weighted by molar-refractivity contribution is 7.92. The minimum atomic E-state index is -3.73. The van der Waals surface area contributed by atoms with Gasteiger partial charge < -0.3 is 19.1 Å². The van der Waals surface area contributed by atoms with Crippen molar-refractivity contribution in [1.82, 2.24) is 4.90 Å². The molecule has 1 N–H and O–H groups in total. The molecular weight excluding hydrogens is 490 g/mol. The quantitative estimate of drug-likeness (QED) is 0.503. The number of hydrogen-bond donors (Lipinski definition) is 1. The van der Waals surface area contributed by atoms with Gasteiger partial charge in [-0.05, 0) is 74.1 Å². The second-order valence-corrected chi connectivity index (χ2v) is 11.0. The van der Waals surface area contributed by atoms with Crippen LogP contribution in [0.15, 0.2) is 70.6 Å². The minimum absolute atomic E-state index is 0.164. The van der Waals surface area contributed by atoms with Crippen LogP contribution in [0.5, 0.6) is 17.2 Å². The van der Waals surface area contributed by atoms with Gasteiger partial charge in [-0.1, -0.05) is 12.1 Å². The Morgan fingerprint density at radius 2 is 1.59 bits per heavy atom. The van der Waals surface area contributed by atoms with E-state index in [1.807, 2.05) is 18.2 Å². The number of piperidine rings is 1. The van der Waals surface area contributed by atoms with Crippen molar-refractivity contribution in [3.05, 3.63) is 77.4 Å². The molecule has 1 fully saturated rings. The van der Waals surface area contributed by atoms with Crippen LogP contribution in [0.1, 0.15) is 29.0 Å². The maximum Gasteiger partial charge on any atom is 0.261 e. The summed E-state index contributed by atoms with van der Waals surface area (Å²) in [7, 11) is 3.23. The topological polar surface area (TPSA) is 89.5 Å². The van der Waals surface area contributed by atoms with Crippen LogP contribution >= 0.6 is 0 Å². The summed E-state index contributed by atoms with van der Waals surface area (Å²) in [5, 5.41) is 0. The molecule has 8 nitrogen and oxygen atoms in total. The lowest BCUT2D eigenvalue weighted by Crippen LogP contribution is -2.41. The van der Waals surface area contributed by atoms with E-state index in [4.69, 9.17) is 19.2 Å². The van der Waals surface area contributed by atoms with Crippen LogP contribution in [0.25, 0.3) is 0 Å². The van der Waals surface area contributed by atoms with E-state index in [2.05, 4.69) is 22.7 Å². The van der Waals surface area contributed by atoms with Crippen LogP contribution in [0, 0.1) is 0 Å². The highest BCUT2D eigenvalue weighted by Crippen LogP contribution is 2.42. The zero-order valence-electron chi connectivity index (χ0n) is 21.4. The molecule has 3 aromatic carbocycles. The lowest BCUT2D eigenvalue weighted by molar-refractivity contribution is 0.227. The number of rotatable bonds is 7. The summed E-state index contributed by atoms with van der Waals surface area (Å²) in [5.41, 5.74) is 4.48. The molecule has 0 radical (unpaired) electrons. The smallest absolute Gasteiger partial charge is 0.261 e. The Morgan fingerprint density at radius 3 is 2.24 bits per heavy atom. The van der Waals surface area contributed by atoms with Gasteiger partial charge in [0.1, 0.15) is 5.75 Å². The molecule has 0 spiro atoms. The monoisotopic (exact) mass is 521 g/mol.